The van der Waals surface area contributed by atoms with Crippen LogP contribution in [0, 0.1) is 11.3 Å². The first-order valence-electron chi connectivity index (χ1n) is 12.2. The molecule has 38 heavy (non-hydrogen) atoms. The number of urea groups is 2. The van der Waals surface area contributed by atoms with Crippen molar-refractivity contribution in [3.8, 4) is 6.07 Å². The molecular formula is C29H27N5O4. The van der Waals surface area contributed by atoms with Crippen LogP contribution in [0.4, 0.5) is 21.0 Å². The first-order valence-corrected chi connectivity index (χ1v) is 12.2. The topological polar surface area (TPSA) is 124 Å². The Morgan fingerprint density at radius 2 is 1.68 bits per heavy atom. The molecule has 9 nitrogen and oxygen atoms in total. The molecule has 0 spiro atoms. The van der Waals surface area contributed by atoms with Gasteiger partial charge in [-0.05, 0) is 61.4 Å². The zero-order valence-electron chi connectivity index (χ0n) is 21.0. The third-order valence-electron chi connectivity index (χ3n) is 5.94. The van der Waals surface area contributed by atoms with E-state index in [-0.39, 0.29) is 12.6 Å². The van der Waals surface area contributed by atoms with Gasteiger partial charge in [0.25, 0.3) is 0 Å². The third-order valence-corrected chi connectivity index (χ3v) is 5.94. The summed E-state index contributed by atoms with van der Waals surface area (Å²) >= 11 is 0. The van der Waals surface area contributed by atoms with Crippen molar-refractivity contribution in [1.29, 1.82) is 5.26 Å². The molecule has 3 aromatic carbocycles. The molecule has 0 radical (unpaired) electrons. The van der Waals surface area contributed by atoms with E-state index in [1.54, 1.807) is 55.5 Å². The summed E-state index contributed by atoms with van der Waals surface area (Å²) in [5.41, 5.74) is 3.58. The van der Waals surface area contributed by atoms with Crippen LogP contribution in [0.1, 0.15) is 36.6 Å². The van der Waals surface area contributed by atoms with Crippen molar-refractivity contribution in [2.75, 3.05) is 23.8 Å². The number of carbonyl (C=O) groups excluding carboxylic acids is 3. The minimum Gasteiger partial charge on any atom is -0.463 e. The quantitative estimate of drug-likeness (QED) is 0.375. The van der Waals surface area contributed by atoms with Crippen molar-refractivity contribution in [2.45, 2.75) is 19.9 Å². The van der Waals surface area contributed by atoms with Crippen molar-refractivity contribution >= 4 is 35.1 Å². The summed E-state index contributed by atoms with van der Waals surface area (Å²) in [4.78, 5) is 40.6. The maximum absolute atomic E-state index is 13.3. The molecule has 0 fully saturated rings. The molecule has 1 aliphatic heterocycles. The van der Waals surface area contributed by atoms with E-state index >= 15 is 0 Å². The Morgan fingerprint density at radius 3 is 2.34 bits per heavy atom. The average molecular weight is 510 g/mol. The molecule has 4 rings (SSSR count). The Kier molecular flexibility index (Phi) is 8.04. The lowest BCUT2D eigenvalue weighted by Gasteiger charge is -2.36. The summed E-state index contributed by atoms with van der Waals surface area (Å²) in [6.45, 7) is 4.09. The van der Waals surface area contributed by atoms with Gasteiger partial charge in [0, 0.05) is 17.9 Å². The first kappa shape index (κ1) is 26.0. The van der Waals surface area contributed by atoms with Gasteiger partial charge in [-0.1, -0.05) is 42.5 Å². The number of anilines is 2. The van der Waals surface area contributed by atoms with Crippen molar-refractivity contribution < 1.29 is 19.1 Å². The van der Waals surface area contributed by atoms with Gasteiger partial charge in [-0.2, -0.15) is 5.26 Å². The minimum absolute atomic E-state index is 0.175. The van der Waals surface area contributed by atoms with Crippen LogP contribution in [-0.2, 0) is 9.53 Å². The second-order valence-corrected chi connectivity index (χ2v) is 8.37. The molecule has 3 aromatic rings. The number of amides is 4. The van der Waals surface area contributed by atoms with Crippen molar-refractivity contribution in [1.82, 2.24) is 10.2 Å². The summed E-state index contributed by atoms with van der Waals surface area (Å²) in [5.74, 6) is -0.535. The molecule has 1 heterocycles. The van der Waals surface area contributed by atoms with E-state index in [4.69, 9.17) is 10.00 Å². The third kappa shape index (κ3) is 5.65. The second kappa shape index (κ2) is 11.8. The predicted molar refractivity (Wildman–Crippen MR) is 144 cm³/mol. The summed E-state index contributed by atoms with van der Waals surface area (Å²) in [6.07, 6.45) is 0. The highest BCUT2D eigenvalue weighted by atomic mass is 16.5. The molecular weight excluding hydrogens is 482 g/mol. The van der Waals surface area contributed by atoms with Crippen LogP contribution in [0.25, 0.3) is 5.70 Å². The molecule has 0 aromatic heterocycles. The zero-order valence-corrected chi connectivity index (χ0v) is 21.0. The number of rotatable bonds is 7. The van der Waals surface area contributed by atoms with E-state index in [1.165, 1.54) is 4.90 Å². The van der Waals surface area contributed by atoms with Gasteiger partial charge < -0.3 is 20.7 Å². The lowest BCUT2D eigenvalue weighted by Crippen LogP contribution is -2.47. The number of nitriles is 1. The highest BCUT2D eigenvalue weighted by molar-refractivity contribution is 6.05. The van der Waals surface area contributed by atoms with Gasteiger partial charge in [0.05, 0.1) is 35.6 Å². The van der Waals surface area contributed by atoms with Gasteiger partial charge in [0.1, 0.15) is 0 Å². The number of hydrogen-bond acceptors (Lipinski definition) is 5. The van der Waals surface area contributed by atoms with E-state index < -0.39 is 18.0 Å². The van der Waals surface area contributed by atoms with Gasteiger partial charge >= 0.3 is 18.0 Å². The SMILES string of the molecule is CCOC(=O)C1=C(c2ccccc2)N(CC)C(=O)NC1c1cccc(NC(=O)Nc2ccc(C#N)cc2)c1. The summed E-state index contributed by atoms with van der Waals surface area (Å²) in [5, 5.41) is 17.4. The predicted octanol–water partition coefficient (Wildman–Crippen LogP) is 5.26. The number of carbonyl (C=O) groups is 3. The fraction of sp³-hybridized carbons (Fsp3) is 0.172. The summed E-state index contributed by atoms with van der Waals surface area (Å²) < 4.78 is 5.42. The van der Waals surface area contributed by atoms with Gasteiger partial charge in [-0.3, -0.25) is 4.90 Å². The van der Waals surface area contributed by atoms with Gasteiger partial charge in [-0.25, -0.2) is 14.4 Å². The summed E-state index contributed by atoms with van der Waals surface area (Å²) in [7, 11) is 0. The Morgan fingerprint density at radius 1 is 0.974 bits per heavy atom. The molecule has 0 aliphatic carbocycles. The van der Waals surface area contributed by atoms with Crippen LogP contribution in [0.2, 0.25) is 0 Å². The minimum atomic E-state index is -0.803. The van der Waals surface area contributed by atoms with E-state index in [2.05, 4.69) is 16.0 Å². The number of benzene rings is 3. The van der Waals surface area contributed by atoms with Crippen LogP contribution in [-0.4, -0.2) is 36.1 Å². The average Bonchev–Trinajstić information content (AvgIpc) is 2.93. The molecule has 192 valence electrons. The van der Waals surface area contributed by atoms with E-state index in [0.29, 0.717) is 45.9 Å². The Hall–Kier alpha value is -5.10. The van der Waals surface area contributed by atoms with Crippen molar-refractivity contribution in [3.63, 3.8) is 0 Å². The number of esters is 1. The lowest BCUT2D eigenvalue weighted by molar-refractivity contribution is -0.138. The molecule has 1 aliphatic rings. The van der Waals surface area contributed by atoms with Crippen molar-refractivity contribution in [2.24, 2.45) is 0 Å². The standard InChI is InChI=1S/C29H27N5O4/c1-3-34-26(20-9-6-5-7-10-20)24(27(35)38-4-2)25(33-29(34)37)21-11-8-12-23(17-21)32-28(36)31-22-15-13-19(18-30)14-16-22/h5-17,25H,3-4H2,1-2H3,(H,33,37)(H2,31,32,36). The molecule has 0 saturated carbocycles. The van der Waals surface area contributed by atoms with Crippen LogP contribution in [0.3, 0.4) is 0 Å². The molecule has 0 saturated heterocycles. The number of ether oxygens (including phenoxy) is 1. The second-order valence-electron chi connectivity index (χ2n) is 8.37. The van der Waals surface area contributed by atoms with E-state index in [0.717, 1.165) is 0 Å². The summed E-state index contributed by atoms with van der Waals surface area (Å²) in [6, 6.07) is 23.0. The highest BCUT2D eigenvalue weighted by Crippen LogP contribution is 2.37. The first-order chi connectivity index (χ1) is 18.4. The molecule has 4 amide bonds. The number of hydrogen-bond donors (Lipinski definition) is 3. The highest BCUT2D eigenvalue weighted by Gasteiger charge is 2.38. The number of nitrogens with one attached hydrogen (secondary N) is 3. The Labute approximate surface area is 220 Å². The zero-order chi connectivity index (χ0) is 27.1. The lowest BCUT2D eigenvalue weighted by atomic mass is 9.91. The molecule has 1 unspecified atom stereocenters. The van der Waals surface area contributed by atoms with E-state index in [1.807, 2.05) is 43.3 Å². The molecule has 9 heteroatoms. The van der Waals surface area contributed by atoms with E-state index in [9.17, 15) is 14.4 Å². The van der Waals surface area contributed by atoms with Crippen LogP contribution in [0.5, 0.6) is 0 Å². The molecule has 3 N–H and O–H groups in total. The van der Waals surface area contributed by atoms with Crippen LogP contribution < -0.4 is 16.0 Å². The largest absolute Gasteiger partial charge is 0.463 e. The Bertz CT molecular complexity index is 1410. The van der Waals surface area contributed by atoms with Crippen LogP contribution in [0.15, 0.2) is 84.4 Å². The van der Waals surface area contributed by atoms with Crippen molar-refractivity contribution in [3.05, 3.63) is 101 Å². The van der Waals surface area contributed by atoms with Gasteiger partial charge in [0.2, 0.25) is 0 Å². The molecule has 0 bridgehead atoms. The fourth-order valence-electron chi connectivity index (χ4n) is 4.26. The van der Waals surface area contributed by atoms with Gasteiger partial charge in [0.15, 0.2) is 0 Å². The molecule has 1 atom stereocenters. The van der Waals surface area contributed by atoms with Crippen LogP contribution >= 0.6 is 0 Å². The monoisotopic (exact) mass is 509 g/mol. The smallest absolute Gasteiger partial charge is 0.338 e. The normalized spacial score (nSPS) is 14.8. The maximum atomic E-state index is 13.3. The maximum Gasteiger partial charge on any atom is 0.338 e. The number of nitrogens with zero attached hydrogens (tertiary/aromatic N) is 2. The van der Waals surface area contributed by atoms with Gasteiger partial charge in [-0.15, -0.1) is 0 Å². The Balaban J connectivity index is 1.69. The fourth-order valence-corrected chi connectivity index (χ4v) is 4.26.